The lowest BCUT2D eigenvalue weighted by Gasteiger charge is -2.34. The van der Waals surface area contributed by atoms with Gasteiger partial charge in [0.25, 0.3) is 0 Å². The highest BCUT2D eigenvalue weighted by molar-refractivity contribution is 7.89. The van der Waals surface area contributed by atoms with Crippen molar-refractivity contribution in [3.63, 3.8) is 0 Å². The van der Waals surface area contributed by atoms with Crippen LogP contribution in [0.15, 0.2) is 47.4 Å². The Morgan fingerprint density at radius 2 is 1.48 bits per heavy atom. The third kappa shape index (κ3) is 4.58. The zero-order valence-electron chi connectivity index (χ0n) is 19.8. The fourth-order valence-corrected chi connectivity index (χ4v) is 5.70. The Labute approximate surface area is 196 Å². The molecule has 1 aliphatic heterocycles. The van der Waals surface area contributed by atoms with E-state index in [-0.39, 0.29) is 0 Å². The van der Waals surface area contributed by atoms with E-state index in [9.17, 15) is 8.42 Å². The molecular formula is C25H30N4O3S. The van der Waals surface area contributed by atoms with E-state index in [0.717, 1.165) is 22.6 Å². The summed E-state index contributed by atoms with van der Waals surface area (Å²) in [5.41, 5.74) is 6.39. The molecule has 0 bridgehead atoms. The summed E-state index contributed by atoms with van der Waals surface area (Å²) < 4.78 is 33.0. The van der Waals surface area contributed by atoms with Crippen molar-refractivity contribution < 1.29 is 13.2 Å². The van der Waals surface area contributed by atoms with Gasteiger partial charge in [0.2, 0.25) is 10.0 Å². The van der Waals surface area contributed by atoms with E-state index in [4.69, 9.17) is 4.74 Å². The Balaban J connectivity index is 1.46. The average Bonchev–Trinajstić information content (AvgIpc) is 2.81. The number of aromatic nitrogens is 2. The molecule has 3 aromatic rings. The predicted molar refractivity (Wildman–Crippen MR) is 130 cm³/mol. The van der Waals surface area contributed by atoms with Crippen LogP contribution in [-0.4, -0.2) is 56.2 Å². The zero-order chi connectivity index (χ0) is 23.8. The second kappa shape index (κ2) is 9.11. The third-order valence-corrected chi connectivity index (χ3v) is 8.23. The monoisotopic (exact) mass is 466 g/mol. The van der Waals surface area contributed by atoms with Crippen LogP contribution >= 0.6 is 0 Å². The zero-order valence-corrected chi connectivity index (χ0v) is 20.6. The summed E-state index contributed by atoms with van der Waals surface area (Å²) in [6.07, 6.45) is 0. The summed E-state index contributed by atoms with van der Waals surface area (Å²) >= 11 is 0. The van der Waals surface area contributed by atoms with Crippen LogP contribution < -0.4 is 9.64 Å². The van der Waals surface area contributed by atoms with Crippen LogP contribution in [0.2, 0.25) is 0 Å². The van der Waals surface area contributed by atoms with Gasteiger partial charge in [-0.05, 0) is 86.3 Å². The van der Waals surface area contributed by atoms with Crippen molar-refractivity contribution in [2.75, 3.05) is 38.2 Å². The van der Waals surface area contributed by atoms with E-state index >= 15 is 0 Å². The fraction of sp³-hybridized carbons (Fsp3) is 0.360. The molecule has 1 fully saturated rings. The molecule has 0 spiro atoms. The molecular weight excluding hydrogens is 436 g/mol. The maximum absolute atomic E-state index is 13.1. The van der Waals surface area contributed by atoms with Gasteiger partial charge in [-0.15, -0.1) is 10.2 Å². The van der Waals surface area contributed by atoms with Crippen molar-refractivity contribution in [1.82, 2.24) is 14.5 Å². The van der Waals surface area contributed by atoms with Crippen LogP contribution in [-0.2, 0) is 10.0 Å². The first-order chi connectivity index (χ1) is 15.7. The number of methoxy groups -OCH3 is 1. The normalized spacial score (nSPS) is 15.0. The van der Waals surface area contributed by atoms with Crippen LogP contribution in [0.1, 0.15) is 22.3 Å². The van der Waals surface area contributed by atoms with Gasteiger partial charge in [0.15, 0.2) is 5.82 Å². The summed E-state index contributed by atoms with van der Waals surface area (Å²) in [6.45, 7) is 10.0. The van der Waals surface area contributed by atoms with Crippen molar-refractivity contribution in [3.05, 3.63) is 64.7 Å². The smallest absolute Gasteiger partial charge is 0.243 e. The molecule has 174 valence electrons. The highest BCUT2D eigenvalue weighted by Gasteiger charge is 2.29. The second-order valence-electron chi connectivity index (χ2n) is 8.55. The lowest BCUT2D eigenvalue weighted by Crippen LogP contribution is -2.49. The summed E-state index contributed by atoms with van der Waals surface area (Å²) in [6, 6.07) is 13.2. The maximum atomic E-state index is 13.1. The molecule has 4 rings (SSSR count). The summed E-state index contributed by atoms with van der Waals surface area (Å²) in [5, 5.41) is 8.90. The molecule has 0 unspecified atom stereocenters. The molecule has 1 aromatic heterocycles. The summed E-state index contributed by atoms with van der Waals surface area (Å²) in [7, 11) is -1.98. The van der Waals surface area contributed by atoms with E-state index in [2.05, 4.69) is 48.0 Å². The van der Waals surface area contributed by atoms with Crippen LogP contribution in [0.3, 0.4) is 0 Å². The standard InChI is InChI=1S/C25H30N4O3S/c1-17-14-19(3)22(16-18(17)2)23-7-9-25(27-26-23)28-10-12-29(13-11-28)33(30,31)21-6-8-24(32-5)20(4)15-21/h6-9,14-16H,10-13H2,1-5H3. The minimum atomic E-state index is -3.56. The number of rotatable bonds is 5. The maximum Gasteiger partial charge on any atom is 0.243 e. The Morgan fingerprint density at radius 3 is 2.09 bits per heavy atom. The molecule has 8 heteroatoms. The van der Waals surface area contributed by atoms with Crippen molar-refractivity contribution >= 4 is 15.8 Å². The van der Waals surface area contributed by atoms with Gasteiger partial charge in [-0.25, -0.2) is 8.42 Å². The number of ether oxygens (including phenoxy) is 1. The molecule has 33 heavy (non-hydrogen) atoms. The summed E-state index contributed by atoms with van der Waals surface area (Å²) in [4.78, 5) is 2.37. The van der Waals surface area contributed by atoms with E-state index in [1.165, 1.54) is 21.0 Å². The van der Waals surface area contributed by atoms with Crippen molar-refractivity contribution in [2.45, 2.75) is 32.6 Å². The highest BCUT2D eigenvalue weighted by atomic mass is 32.2. The molecule has 0 N–H and O–H groups in total. The van der Waals surface area contributed by atoms with Gasteiger partial charge in [0.05, 0.1) is 17.7 Å². The van der Waals surface area contributed by atoms with E-state index in [1.807, 2.05) is 19.1 Å². The SMILES string of the molecule is COc1ccc(S(=O)(=O)N2CCN(c3ccc(-c4cc(C)c(C)cc4C)nn3)CC2)cc1C. The van der Waals surface area contributed by atoms with Gasteiger partial charge in [-0.1, -0.05) is 6.07 Å². The van der Waals surface area contributed by atoms with Gasteiger partial charge in [0, 0.05) is 31.7 Å². The molecule has 0 saturated carbocycles. The Kier molecular flexibility index (Phi) is 6.41. The molecule has 2 aromatic carbocycles. The minimum absolute atomic E-state index is 0.294. The molecule has 7 nitrogen and oxygen atoms in total. The van der Waals surface area contributed by atoms with Crippen LogP contribution in [0.5, 0.6) is 5.75 Å². The predicted octanol–water partition coefficient (Wildman–Crippen LogP) is 3.90. The number of nitrogens with zero attached hydrogens (tertiary/aromatic N) is 4. The van der Waals surface area contributed by atoms with E-state index in [0.29, 0.717) is 36.8 Å². The van der Waals surface area contributed by atoms with E-state index in [1.54, 1.807) is 25.3 Å². The van der Waals surface area contributed by atoms with Crippen LogP contribution in [0.4, 0.5) is 5.82 Å². The molecule has 0 atom stereocenters. The van der Waals surface area contributed by atoms with E-state index < -0.39 is 10.0 Å². The number of aryl methyl sites for hydroxylation is 4. The quantitative estimate of drug-likeness (QED) is 0.568. The highest BCUT2D eigenvalue weighted by Crippen LogP contribution is 2.27. The van der Waals surface area contributed by atoms with Gasteiger partial charge in [-0.2, -0.15) is 4.31 Å². The third-order valence-electron chi connectivity index (χ3n) is 6.33. The molecule has 2 heterocycles. The van der Waals surface area contributed by atoms with Crippen molar-refractivity contribution in [1.29, 1.82) is 0 Å². The second-order valence-corrected chi connectivity index (χ2v) is 10.5. The van der Waals surface area contributed by atoms with Crippen molar-refractivity contribution in [3.8, 4) is 17.0 Å². The molecule has 0 radical (unpaired) electrons. The Morgan fingerprint density at radius 1 is 0.788 bits per heavy atom. The number of sulfonamides is 1. The lowest BCUT2D eigenvalue weighted by molar-refractivity contribution is 0.383. The van der Waals surface area contributed by atoms with Crippen LogP contribution in [0, 0.1) is 27.7 Å². The number of benzene rings is 2. The first-order valence-corrected chi connectivity index (χ1v) is 12.5. The lowest BCUT2D eigenvalue weighted by atomic mass is 9.99. The molecule has 1 aliphatic rings. The number of hydrogen-bond acceptors (Lipinski definition) is 6. The molecule has 1 saturated heterocycles. The van der Waals surface area contributed by atoms with Gasteiger partial charge in [0.1, 0.15) is 5.75 Å². The molecule has 0 amide bonds. The Hall–Kier alpha value is -2.97. The largest absolute Gasteiger partial charge is 0.496 e. The van der Waals surface area contributed by atoms with Gasteiger partial charge < -0.3 is 9.64 Å². The average molecular weight is 467 g/mol. The fourth-order valence-electron chi connectivity index (χ4n) is 4.19. The number of anilines is 1. The van der Waals surface area contributed by atoms with Crippen molar-refractivity contribution in [2.24, 2.45) is 0 Å². The first-order valence-electron chi connectivity index (χ1n) is 11.0. The topological polar surface area (TPSA) is 75.6 Å². The molecule has 0 aliphatic carbocycles. The number of piperazine rings is 1. The van der Waals surface area contributed by atoms with Gasteiger partial charge in [-0.3, -0.25) is 0 Å². The number of hydrogen-bond donors (Lipinski definition) is 0. The Bertz CT molecular complexity index is 1270. The minimum Gasteiger partial charge on any atom is -0.496 e. The summed E-state index contributed by atoms with van der Waals surface area (Å²) in [5.74, 6) is 1.44. The van der Waals surface area contributed by atoms with Crippen LogP contribution in [0.25, 0.3) is 11.3 Å². The first kappa shape index (κ1) is 23.2. The van der Waals surface area contributed by atoms with Gasteiger partial charge >= 0.3 is 0 Å².